The number of rotatable bonds is 1. The molecule has 1 fully saturated rings. The van der Waals surface area contributed by atoms with Gasteiger partial charge in [0.15, 0.2) is 0 Å². The van der Waals surface area contributed by atoms with E-state index in [0.717, 1.165) is 13.1 Å². The third kappa shape index (κ3) is 13.3. The molecule has 3 nitrogen and oxygen atoms in total. The molecule has 0 saturated carbocycles. The zero-order valence-electron chi connectivity index (χ0n) is 10.2. The summed E-state index contributed by atoms with van der Waals surface area (Å²) in [5, 5.41) is 17.5. The Hall–Kier alpha value is 1.94. The van der Waals surface area contributed by atoms with E-state index in [1.807, 2.05) is 0 Å². The van der Waals surface area contributed by atoms with Gasteiger partial charge in [-0.05, 0) is 0 Å². The van der Waals surface area contributed by atoms with Crippen molar-refractivity contribution in [2.75, 3.05) is 13.1 Å². The van der Waals surface area contributed by atoms with E-state index >= 15 is 0 Å². The molecule has 0 aromatic carbocycles. The maximum absolute atomic E-state index is 7.13. The molecule has 1 radical (unpaired) electrons. The van der Waals surface area contributed by atoms with Gasteiger partial charge in [-0.15, -0.1) is 25.2 Å². The Morgan fingerprint density at radius 3 is 2.42 bits per heavy atom. The number of nitriles is 1. The van der Waals surface area contributed by atoms with Crippen molar-refractivity contribution in [1.82, 2.24) is 0 Å². The minimum absolute atomic E-state index is 0.406. The molecule has 1 unspecified atom stereocenters. The van der Waals surface area contributed by atoms with Crippen molar-refractivity contribution in [1.29, 1.82) is 5.26 Å². The van der Waals surface area contributed by atoms with Crippen LogP contribution in [-0.2, 0) is 12.6 Å². The van der Waals surface area contributed by atoms with Gasteiger partial charge in [0, 0.05) is 0 Å². The van der Waals surface area contributed by atoms with Crippen molar-refractivity contribution < 1.29 is 0 Å². The van der Waals surface area contributed by atoms with Gasteiger partial charge in [-0.3, -0.25) is 0 Å². The van der Waals surface area contributed by atoms with E-state index in [9.17, 15) is 0 Å². The second-order valence-electron chi connectivity index (χ2n) is 3.58. The Bertz CT molecular complexity index is 323. The molecule has 0 bridgehead atoms. The third-order valence-electron chi connectivity index (χ3n) is 2.36. The van der Waals surface area contributed by atoms with Crippen molar-refractivity contribution in [3.8, 4) is 5.40 Å². The summed E-state index contributed by atoms with van der Waals surface area (Å²) in [4.78, 5) is 0. The molecule has 2 rings (SSSR count). The molecule has 0 aromatic heterocycles. The number of hydrogen-bond acceptors (Lipinski definition) is 2. The number of halogens is 3. The van der Waals surface area contributed by atoms with Gasteiger partial charge in [0.05, 0.1) is 0 Å². The molecule has 19 heavy (non-hydrogen) atoms. The van der Waals surface area contributed by atoms with Crippen LogP contribution in [-0.4, -0.2) is 27.0 Å². The van der Waals surface area contributed by atoms with E-state index < -0.39 is 7.86 Å². The van der Waals surface area contributed by atoms with Crippen LogP contribution in [0.25, 0.3) is 10.6 Å². The number of hydrogen-bond donors (Lipinski definition) is 0. The molecule has 8 heteroatoms. The third-order valence-corrected chi connectivity index (χ3v) is 2.36. The standard InChI is InChI=1S/C10H14N2.CHNS.3HI.Sn/c1-3-7-11-9(5-1)10-6-2-4-8-12-10;2-1-3;;;;/h1,3,5,10H,2,4,6-8H2;3H;3*1H;/q-2;;;;;+3/p-4. The second kappa shape index (κ2) is 14.9. The van der Waals surface area contributed by atoms with E-state index in [4.69, 9.17) is 5.26 Å². The van der Waals surface area contributed by atoms with E-state index in [2.05, 4.69) is 97.4 Å². The summed E-state index contributed by atoms with van der Waals surface area (Å²) in [5.41, 5.74) is 1.19. The SMILES string of the molecule is C1=CC[N-]C(C2CCCC[N-]2)=C1.N#C[S-].[I][Sn]([I])[I]. The summed E-state index contributed by atoms with van der Waals surface area (Å²) in [6.45, 7) is 1.87. The van der Waals surface area contributed by atoms with Crippen LogP contribution in [0.1, 0.15) is 19.3 Å². The van der Waals surface area contributed by atoms with Crippen LogP contribution < -0.4 is 0 Å². The first-order valence-electron chi connectivity index (χ1n) is 5.67. The molecule has 0 amide bonds. The molecule has 1 atom stereocenters. The Balaban J connectivity index is 0.000000393. The summed E-state index contributed by atoms with van der Waals surface area (Å²) in [6, 6.07) is 0.406. The number of thiocyanates is 1. The van der Waals surface area contributed by atoms with E-state index in [1.54, 1.807) is 0 Å². The molecule has 0 N–H and O–H groups in total. The molecule has 2 heterocycles. The van der Waals surface area contributed by atoms with Gasteiger partial charge in [-0.2, -0.15) is 5.70 Å². The van der Waals surface area contributed by atoms with Crippen molar-refractivity contribution in [3.05, 3.63) is 34.6 Å². The van der Waals surface area contributed by atoms with Crippen LogP contribution in [0.2, 0.25) is 0 Å². The Kier molecular flexibility index (Phi) is 16.4. The van der Waals surface area contributed by atoms with Gasteiger partial charge in [-0.1, -0.05) is 36.8 Å². The summed E-state index contributed by atoms with van der Waals surface area (Å²) in [7, 11) is -0.633. The zero-order valence-corrected chi connectivity index (χ0v) is 20.4. The topological polar surface area (TPSA) is 52.0 Å². The first-order chi connectivity index (χ1) is 9.11. The van der Waals surface area contributed by atoms with Crippen LogP contribution >= 0.6 is 55.9 Å². The monoisotopic (exact) mass is 721 g/mol. The average Bonchev–Trinajstić information content (AvgIpc) is 2.41. The van der Waals surface area contributed by atoms with Gasteiger partial charge in [0.25, 0.3) is 0 Å². The Morgan fingerprint density at radius 2 is 2.00 bits per heavy atom. The molecule has 0 aromatic rings. The second-order valence-corrected chi connectivity index (χ2v) is 68.2. The molecule has 1 saturated heterocycles. The summed E-state index contributed by atoms with van der Waals surface area (Å²) >= 11 is 11.2. The number of piperidine rings is 1. The molecule has 0 spiro atoms. The van der Waals surface area contributed by atoms with Gasteiger partial charge < -0.3 is 23.3 Å². The van der Waals surface area contributed by atoms with Crippen molar-refractivity contribution >= 4 is 76.4 Å². The van der Waals surface area contributed by atoms with Crippen molar-refractivity contribution in [3.63, 3.8) is 0 Å². The van der Waals surface area contributed by atoms with Gasteiger partial charge in [0.1, 0.15) is 0 Å². The first kappa shape index (κ1) is 20.9. The molecule has 0 aliphatic carbocycles. The van der Waals surface area contributed by atoms with Gasteiger partial charge in [0.2, 0.25) is 0 Å². The average molecular weight is 720 g/mol. The fourth-order valence-corrected chi connectivity index (χ4v) is 1.68. The number of nitrogens with zero attached hydrogens (tertiary/aromatic N) is 3. The predicted octanol–water partition coefficient (Wildman–Crippen LogP) is 5.03. The normalized spacial score (nSPS) is 20.8. The molecular weight excluding hydrogens is 706 g/mol. The van der Waals surface area contributed by atoms with Crippen LogP contribution in [0, 0.1) is 10.7 Å². The number of allylic oxidation sites excluding steroid dienone is 2. The zero-order chi connectivity index (χ0) is 14.5. The van der Waals surface area contributed by atoms with Gasteiger partial charge in [-0.25, -0.2) is 5.26 Å². The fraction of sp³-hybridized carbons (Fsp3) is 0.545. The Labute approximate surface area is 157 Å². The maximum atomic E-state index is 7.13. The Morgan fingerprint density at radius 1 is 1.37 bits per heavy atom. The van der Waals surface area contributed by atoms with Gasteiger partial charge >= 0.3 is 63.8 Å². The molecule has 2 aliphatic heterocycles. The van der Waals surface area contributed by atoms with Crippen molar-refractivity contribution in [2.45, 2.75) is 25.3 Å². The van der Waals surface area contributed by atoms with E-state index in [0.29, 0.717) is 6.04 Å². The predicted molar refractivity (Wildman–Crippen MR) is 112 cm³/mol. The summed E-state index contributed by atoms with van der Waals surface area (Å²) < 4.78 is 0. The van der Waals surface area contributed by atoms with Crippen molar-refractivity contribution in [2.24, 2.45) is 0 Å². The molecular formula is C11H14I3N3SSn-3. The first-order valence-corrected chi connectivity index (χ1v) is 31.0. The summed E-state index contributed by atoms with van der Waals surface area (Å²) in [5.74, 6) is 0. The molecule has 2 aliphatic rings. The summed E-state index contributed by atoms with van der Waals surface area (Å²) in [6.07, 6.45) is 10.0. The van der Waals surface area contributed by atoms with Crippen LogP contribution in [0.5, 0.6) is 0 Å². The van der Waals surface area contributed by atoms with E-state index in [-0.39, 0.29) is 0 Å². The minimum atomic E-state index is -0.633. The van der Waals surface area contributed by atoms with Crippen LogP contribution in [0.4, 0.5) is 0 Å². The van der Waals surface area contributed by atoms with E-state index in [1.165, 1.54) is 30.4 Å². The van der Waals surface area contributed by atoms with Crippen LogP contribution in [0.3, 0.4) is 0 Å². The fourth-order valence-electron chi connectivity index (χ4n) is 1.68. The van der Waals surface area contributed by atoms with Crippen LogP contribution in [0.15, 0.2) is 23.9 Å². The molecule has 107 valence electrons. The quantitative estimate of drug-likeness (QED) is 0.165.